The molecular formula is C12H19N3O2. The maximum Gasteiger partial charge on any atom is 0.237 e. The summed E-state index contributed by atoms with van der Waals surface area (Å²) in [6.07, 6.45) is 2.93. The summed E-state index contributed by atoms with van der Waals surface area (Å²) < 4.78 is 5.05. The second-order valence-corrected chi connectivity index (χ2v) is 3.82. The minimum Gasteiger partial charge on any atom is -0.480 e. The molecule has 1 amide bonds. The highest BCUT2D eigenvalue weighted by Crippen LogP contribution is 2.20. The van der Waals surface area contributed by atoms with Gasteiger partial charge in [-0.3, -0.25) is 4.79 Å². The molecule has 0 aliphatic rings. The van der Waals surface area contributed by atoms with Gasteiger partial charge in [0.25, 0.3) is 0 Å². The Kier molecular flexibility index (Phi) is 5.42. The molecule has 1 aromatic rings. The van der Waals surface area contributed by atoms with E-state index in [0.29, 0.717) is 24.5 Å². The third-order valence-electron chi connectivity index (χ3n) is 2.62. The van der Waals surface area contributed by atoms with Gasteiger partial charge in [0.15, 0.2) is 0 Å². The lowest BCUT2D eigenvalue weighted by Crippen LogP contribution is -2.22. The second kappa shape index (κ2) is 6.85. The van der Waals surface area contributed by atoms with Crippen LogP contribution in [-0.4, -0.2) is 24.5 Å². The highest BCUT2D eigenvalue weighted by Gasteiger charge is 2.12. The first kappa shape index (κ1) is 13.4. The highest BCUT2D eigenvalue weighted by atomic mass is 16.5. The Morgan fingerprint density at radius 2 is 2.41 bits per heavy atom. The summed E-state index contributed by atoms with van der Waals surface area (Å²) in [5.74, 6) is 0.577. The third-order valence-corrected chi connectivity index (χ3v) is 2.62. The lowest BCUT2D eigenvalue weighted by atomic mass is 10.0. The number of amides is 1. The quantitative estimate of drug-likeness (QED) is 0.784. The van der Waals surface area contributed by atoms with Crippen molar-refractivity contribution in [2.75, 3.05) is 19.0 Å². The molecule has 17 heavy (non-hydrogen) atoms. The van der Waals surface area contributed by atoms with E-state index >= 15 is 0 Å². The number of hydrogen-bond donors (Lipinski definition) is 2. The van der Waals surface area contributed by atoms with Gasteiger partial charge in [0.2, 0.25) is 11.8 Å². The molecule has 1 aromatic heterocycles. The molecule has 0 aromatic carbocycles. The minimum absolute atomic E-state index is 0.0615. The van der Waals surface area contributed by atoms with E-state index in [-0.39, 0.29) is 11.8 Å². The van der Waals surface area contributed by atoms with E-state index in [9.17, 15) is 4.79 Å². The van der Waals surface area contributed by atoms with Crippen LogP contribution in [0.2, 0.25) is 0 Å². The van der Waals surface area contributed by atoms with Gasteiger partial charge in [-0.1, -0.05) is 13.3 Å². The van der Waals surface area contributed by atoms with Crippen LogP contribution in [0.1, 0.15) is 19.8 Å². The largest absolute Gasteiger partial charge is 0.480 e. The molecule has 0 saturated carbocycles. The van der Waals surface area contributed by atoms with Crippen LogP contribution in [0.15, 0.2) is 18.3 Å². The maximum atomic E-state index is 11.8. The molecule has 0 aliphatic carbocycles. The van der Waals surface area contributed by atoms with Crippen LogP contribution < -0.4 is 15.8 Å². The highest BCUT2D eigenvalue weighted by molar-refractivity contribution is 5.92. The Hall–Kier alpha value is -1.62. The molecule has 94 valence electrons. The fourth-order valence-electron chi connectivity index (χ4n) is 1.51. The number of pyridine rings is 1. The Balaban J connectivity index is 2.61. The van der Waals surface area contributed by atoms with E-state index in [1.165, 1.54) is 7.11 Å². The first-order valence-corrected chi connectivity index (χ1v) is 5.70. The summed E-state index contributed by atoms with van der Waals surface area (Å²) in [5.41, 5.74) is 6.15. The fourth-order valence-corrected chi connectivity index (χ4v) is 1.51. The van der Waals surface area contributed by atoms with Gasteiger partial charge < -0.3 is 15.8 Å². The summed E-state index contributed by atoms with van der Waals surface area (Å²) >= 11 is 0. The van der Waals surface area contributed by atoms with Gasteiger partial charge in [0.1, 0.15) is 5.69 Å². The van der Waals surface area contributed by atoms with Gasteiger partial charge in [0, 0.05) is 12.6 Å². The van der Waals surface area contributed by atoms with Crippen molar-refractivity contribution in [3.8, 4) is 5.88 Å². The van der Waals surface area contributed by atoms with Crippen LogP contribution >= 0.6 is 0 Å². The van der Waals surface area contributed by atoms with Crippen LogP contribution in [0.3, 0.4) is 0 Å². The number of nitrogens with one attached hydrogen (secondary N) is 1. The number of nitrogens with zero attached hydrogens (tertiary/aromatic N) is 1. The number of anilines is 1. The predicted octanol–water partition coefficient (Wildman–Crippen LogP) is 1.40. The average Bonchev–Trinajstić information content (AvgIpc) is 2.36. The number of nitrogens with two attached hydrogens (primary N) is 1. The molecule has 1 unspecified atom stereocenters. The number of hydrogen-bond acceptors (Lipinski definition) is 4. The monoisotopic (exact) mass is 237 g/mol. The summed E-state index contributed by atoms with van der Waals surface area (Å²) in [6.45, 7) is 2.55. The minimum atomic E-state index is -0.0615. The number of rotatable bonds is 6. The molecule has 5 nitrogen and oxygen atoms in total. The zero-order valence-corrected chi connectivity index (χ0v) is 10.3. The van der Waals surface area contributed by atoms with Crippen molar-refractivity contribution in [1.29, 1.82) is 0 Å². The number of carbonyl (C=O) groups excluding carboxylic acids is 1. The van der Waals surface area contributed by atoms with Gasteiger partial charge in [0.05, 0.1) is 7.11 Å². The summed E-state index contributed by atoms with van der Waals surface area (Å²) in [6, 6.07) is 3.51. The van der Waals surface area contributed by atoms with E-state index in [4.69, 9.17) is 10.5 Å². The number of aromatic nitrogens is 1. The Morgan fingerprint density at radius 1 is 1.65 bits per heavy atom. The molecule has 1 rings (SSSR count). The van der Waals surface area contributed by atoms with E-state index < -0.39 is 0 Å². The summed E-state index contributed by atoms with van der Waals surface area (Å²) in [4.78, 5) is 15.8. The van der Waals surface area contributed by atoms with Crippen molar-refractivity contribution in [3.05, 3.63) is 18.3 Å². The molecule has 1 atom stereocenters. The molecule has 0 bridgehead atoms. The smallest absolute Gasteiger partial charge is 0.237 e. The molecule has 0 radical (unpaired) electrons. The van der Waals surface area contributed by atoms with Crippen molar-refractivity contribution >= 4 is 11.6 Å². The third kappa shape index (κ3) is 4.03. The standard InChI is InChI=1S/C12H19N3O2/c1-3-9(8-13)7-11(16)15-10-5-4-6-14-12(10)17-2/h4-6,9H,3,7-8,13H2,1-2H3,(H,15,16). The van der Waals surface area contributed by atoms with Gasteiger partial charge in [-0.25, -0.2) is 4.98 Å². The van der Waals surface area contributed by atoms with Crippen molar-refractivity contribution < 1.29 is 9.53 Å². The molecule has 1 heterocycles. The number of ether oxygens (including phenoxy) is 1. The van der Waals surface area contributed by atoms with Gasteiger partial charge in [-0.05, 0) is 24.6 Å². The lowest BCUT2D eigenvalue weighted by molar-refractivity contribution is -0.117. The Morgan fingerprint density at radius 3 is 3.00 bits per heavy atom. The molecule has 0 aliphatic heterocycles. The zero-order chi connectivity index (χ0) is 12.7. The van der Waals surface area contributed by atoms with Crippen LogP contribution in [0.25, 0.3) is 0 Å². The van der Waals surface area contributed by atoms with E-state index in [1.807, 2.05) is 6.92 Å². The van der Waals surface area contributed by atoms with Gasteiger partial charge in [-0.2, -0.15) is 0 Å². The molecule has 0 fully saturated rings. The van der Waals surface area contributed by atoms with Crippen LogP contribution in [0.4, 0.5) is 5.69 Å². The van der Waals surface area contributed by atoms with Gasteiger partial charge >= 0.3 is 0 Å². The lowest BCUT2D eigenvalue weighted by Gasteiger charge is -2.13. The maximum absolute atomic E-state index is 11.8. The van der Waals surface area contributed by atoms with E-state index in [2.05, 4.69) is 10.3 Å². The summed E-state index contributed by atoms with van der Waals surface area (Å²) in [7, 11) is 1.52. The molecule has 0 spiro atoms. The van der Waals surface area contributed by atoms with Crippen molar-refractivity contribution in [1.82, 2.24) is 4.98 Å². The van der Waals surface area contributed by atoms with Crippen molar-refractivity contribution in [2.45, 2.75) is 19.8 Å². The van der Waals surface area contributed by atoms with Crippen molar-refractivity contribution in [3.63, 3.8) is 0 Å². The first-order valence-electron chi connectivity index (χ1n) is 5.70. The van der Waals surface area contributed by atoms with Crippen molar-refractivity contribution in [2.24, 2.45) is 11.7 Å². The molecule has 3 N–H and O–H groups in total. The number of methoxy groups -OCH3 is 1. The van der Waals surface area contributed by atoms with Gasteiger partial charge in [-0.15, -0.1) is 0 Å². The normalized spacial score (nSPS) is 11.9. The molecule has 5 heteroatoms. The number of carbonyl (C=O) groups is 1. The molecule has 0 saturated heterocycles. The fraction of sp³-hybridized carbons (Fsp3) is 0.500. The zero-order valence-electron chi connectivity index (χ0n) is 10.3. The Bertz CT molecular complexity index is 365. The van der Waals surface area contributed by atoms with E-state index in [1.54, 1.807) is 18.3 Å². The van der Waals surface area contributed by atoms with E-state index in [0.717, 1.165) is 6.42 Å². The van der Waals surface area contributed by atoms with Crippen LogP contribution in [-0.2, 0) is 4.79 Å². The Labute approximate surface area is 101 Å². The average molecular weight is 237 g/mol. The topological polar surface area (TPSA) is 77.2 Å². The SMILES string of the molecule is CCC(CN)CC(=O)Nc1cccnc1OC. The predicted molar refractivity (Wildman–Crippen MR) is 66.9 cm³/mol. The first-order chi connectivity index (χ1) is 8.21. The van der Waals surface area contributed by atoms with Crippen LogP contribution in [0, 0.1) is 5.92 Å². The van der Waals surface area contributed by atoms with Crippen LogP contribution in [0.5, 0.6) is 5.88 Å². The summed E-state index contributed by atoms with van der Waals surface area (Å²) in [5, 5.41) is 2.78. The second-order valence-electron chi connectivity index (χ2n) is 3.82. The molecular weight excluding hydrogens is 218 g/mol.